The van der Waals surface area contributed by atoms with Crippen molar-refractivity contribution in [3.05, 3.63) is 96.1 Å². The second-order valence-corrected chi connectivity index (χ2v) is 5.93. The monoisotopic (exact) mass is 364 g/mol. The average Bonchev–Trinajstić information content (AvgIpc) is 3.19. The van der Waals surface area contributed by atoms with Crippen LogP contribution in [0.25, 0.3) is 22.6 Å². The summed E-state index contributed by atoms with van der Waals surface area (Å²) in [5, 5.41) is 10.4. The number of furan rings is 1. The van der Waals surface area contributed by atoms with Gasteiger partial charge in [0.2, 0.25) is 0 Å². The molecule has 0 aliphatic heterocycles. The Hall–Kier alpha value is -3.38. The molecule has 4 rings (SSSR count). The predicted octanol–water partition coefficient (Wildman–Crippen LogP) is 4.76. The summed E-state index contributed by atoms with van der Waals surface area (Å²) in [6.07, 6.45) is 2.73. The highest BCUT2D eigenvalue weighted by Crippen LogP contribution is 2.35. The van der Waals surface area contributed by atoms with Crippen molar-refractivity contribution >= 4 is 0 Å². The molecule has 0 aliphatic carbocycles. The number of benzene rings is 2. The van der Waals surface area contributed by atoms with Crippen LogP contribution in [0.4, 0.5) is 8.78 Å². The fraction of sp³-hybridized carbons (Fsp3) is 0.0476. The minimum atomic E-state index is -1.32. The van der Waals surface area contributed by atoms with Gasteiger partial charge in [-0.3, -0.25) is 0 Å². The van der Waals surface area contributed by atoms with Gasteiger partial charge in [-0.25, -0.2) is 18.7 Å². The summed E-state index contributed by atoms with van der Waals surface area (Å²) in [4.78, 5) is 7.62. The molecule has 134 valence electrons. The molecule has 4 aromatic rings. The van der Waals surface area contributed by atoms with E-state index in [1.54, 1.807) is 6.07 Å². The van der Waals surface area contributed by atoms with Gasteiger partial charge in [0.05, 0.1) is 5.56 Å². The van der Waals surface area contributed by atoms with Crippen LogP contribution in [-0.4, -0.2) is 15.1 Å². The van der Waals surface area contributed by atoms with Crippen molar-refractivity contribution < 1.29 is 18.3 Å². The summed E-state index contributed by atoms with van der Waals surface area (Å²) in [5.74, 6) is -1.13. The Morgan fingerprint density at radius 3 is 2.30 bits per heavy atom. The number of aliphatic hydroxyl groups is 1. The van der Waals surface area contributed by atoms with Crippen LogP contribution < -0.4 is 0 Å². The third-order valence-electron chi connectivity index (χ3n) is 4.22. The maximum absolute atomic E-state index is 15.1. The first kappa shape index (κ1) is 17.1. The van der Waals surface area contributed by atoms with Crippen molar-refractivity contribution in [3.8, 4) is 22.6 Å². The molecule has 0 saturated carbocycles. The lowest BCUT2D eigenvalue weighted by molar-refractivity contribution is 0.214. The number of nitrogens with zero attached hydrogens (tertiary/aromatic N) is 2. The highest BCUT2D eigenvalue weighted by atomic mass is 19.1. The van der Waals surface area contributed by atoms with Crippen LogP contribution in [0.3, 0.4) is 0 Å². The maximum Gasteiger partial charge on any atom is 0.143 e. The summed E-state index contributed by atoms with van der Waals surface area (Å²) in [5.41, 5.74) is 0.685. The van der Waals surface area contributed by atoms with Crippen LogP contribution in [0.1, 0.15) is 17.2 Å². The quantitative estimate of drug-likeness (QED) is 0.567. The lowest BCUT2D eigenvalue weighted by Gasteiger charge is -2.14. The molecule has 27 heavy (non-hydrogen) atoms. The van der Waals surface area contributed by atoms with E-state index >= 15 is 4.39 Å². The molecule has 1 N–H and O–H groups in total. The van der Waals surface area contributed by atoms with Gasteiger partial charge in [-0.2, -0.15) is 0 Å². The Balaban J connectivity index is 1.77. The van der Waals surface area contributed by atoms with Gasteiger partial charge in [0.1, 0.15) is 35.6 Å². The van der Waals surface area contributed by atoms with E-state index in [4.69, 9.17) is 4.42 Å². The first-order valence-corrected chi connectivity index (χ1v) is 8.21. The van der Waals surface area contributed by atoms with Crippen molar-refractivity contribution in [1.29, 1.82) is 0 Å². The lowest BCUT2D eigenvalue weighted by atomic mass is 9.99. The fourth-order valence-corrected chi connectivity index (χ4v) is 2.87. The van der Waals surface area contributed by atoms with Crippen molar-refractivity contribution in [1.82, 2.24) is 9.97 Å². The van der Waals surface area contributed by atoms with Gasteiger partial charge in [-0.15, -0.1) is 0 Å². The molecule has 0 fully saturated rings. The van der Waals surface area contributed by atoms with Crippen molar-refractivity contribution in [2.24, 2.45) is 0 Å². The van der Waals surface area contributed by atoms with E-state index in [0.29, 0.717) is 11.3 Å². The molecular weight excluding hydrogens is 350 g/mol. The van der Waals surface area contributed by atoms with Crippen LogP contribution in [-0.2, 0) is 0 Å². The standard InChI is InChI=1S/C21H14F2N2O2/c22-16-7-6-15(21(26)14-10-24-12-25-11-14)20(23)19(16)18-9-8-17(27-18)13-4-2-1-3-5-13/h1-12,21,26H. The molecule has 0 saturated heterocycles. The third-order valence-corrected chi connectivity index (χ3v) is 4.22. The van der Waals surface area contributed by atoms with Crippen LogP contribution in [0, 0.1) is 11.6 Å². The summed E-state index contributed by atoms with van der Waals surface area (Å²) < 4.78 is 35.1. The van der Waals surface area contributed by atoms with Crippen LogP contribution in [0.2, 0.25) is 0 Å². The van der Waals surface area contributed by atoms with E-state index in [0.717, 1.165) is 11.6 Å². The summed E-state index contributed by atoms with van der Waals surface area (Å²) in [7, 11) is 0. The molecule has 6 heteroatoms. The van der Waals surface area contributed by atoms with Gasteiger partial charge in [-0.05, 0) is 18.2 Å². The predicted molar refractivity (Wildman–Crippen MR) is 95.6 cm³/mol. The molecule has 0 amide bonds. The Kier molecular flexibility index (Phi) is 4.48. The summed E-state index contributed by atoms with van der Waals surface area (Å²) >= 11 is 0. The number of aromatic nitrogens is 2. The Bertz CT molecular complexity index is 1070. The first-order chi connectivity index (χ1) is 13.1. The minimum absolute atomic E-state index is 0.0437. The molecule has 0 radical (unpaired) electrons. The van der Waals surface area contributed by atoms with E-state index in [9.17, 15) is 9.50 Å². The summed E-state index contributed by atoms with van der Waals surface area (Å²) in [6, 6.07) is 14.7. The molecular formula is C21H14F2N2O2. The molecule has 4 nitrogen and oxygen atoms in total. The number of halogens is 2. The van der Waals surface area contributed by atoms with Gasteiger partial charge < -0.3 is 9.52 Å². The molecule has 0 aliphatic rings. The SMILES string of the molecule is OC(c1cncnc1)c1ccc(F)c(-c2ccc(-c3ccccc3)o2)c1F. The zero-order chi connectivity index (χ0) is 18.8. The van der Waals surface area contributed by atoms with E-state index in [-0.39, 0.29) is 16.9 Å². The van der Waals surface area contributed by atoms with Crippen molar-refractivity contribution in [2.75, 3.05) is 0 Å². The summed E-state index contributed by atoms with van der Waals surface area (Å²) in [6.45, 7) is 0. The number of hydrogen-bond donors (Lipinski definition) is 1. The Labute approximate surface area is 153 Å². The zero-order valence-corrected chi connectivity index (χ0v) is 14.0. The van der Waals surface area contributed by atoms with Gasteiger partial charge in [0.25, 0.3) is 0 Å². The molecule has 0 spiro atoms. The Morgan fingerprint density at radius 1 is 0.852 bits per heavy atom. The van der Waals surface area contributed by atoms with Gasteiger partial charge in [0.15, 0.2) is 0 Å². The Morgan fingerprint density at radius 2 is 1.56 bits per heavy atom. The van der Waals surface area contributed by atoms with Crippen molar-refractivity contribution in [3.63, 3.8) is 0 Å². The van der Waals surface area contributed by atoms with Crippen LogP contribution >= 0.6 is 0 Å². The lowest BCUT2D eigenvalue weighted by Crippen LogP contribution is -2.05. The molecule has 2 heterocycles. The van der Waals surface area contributed by atoms with E-state index in [1.165, 1.54) is 30.9 Å². The highest BCUT2D eigenvalue weighted by Gasteiger charge is 2.23. The zero-order valence-electron chi connectivity index (χ0n) is 14.0. The third kappa shape index (κ3) is 3.22. The van der Waals surface area contributed by atoms with Gasteiger partial charge in [-0.1, -0.05) is 36.4 Å². The molecule has 1 atom stereocenters. The first-order valence-electron chi connectivity index (χ1n) is 8.21. The number of rotatable bonds is 4. The van der Waals surface area contributed by atoms with Crippen LogP contribution in [0.5, 0.6) is 0 Å². The van der Waals surface area contributed by atoms with Crippen LogP contribution in [0.15, 0.2) is 77.7 Å². The van der Waals surface area contributed by atoms with E-state index in [1.807, 2.05) is 30.3 Å². The second kappa shape index (κ2) is 7.09. The maximum atomic E-state index is 15.1. The van der Waals surface area contributed by atoms with E-state index in [2.05, 4.69) is 9.97 Å². The molecule has 1 unspecified atom stereocenters. The van der Waals surface area contributed by atoms with Crippen molar-refractivity contribution in [2.45, 2.75) is 6.10 Å². The molecule has 0 bridgehead atoms. The minimum Gasteiger partial charge on any atom is -0.456 e. The highest BCUT2D eigenvalue weighted by molar-refractivity contribution is 5.66. The fourth-order valence-electron chi connectivity index (χ4n) is 2.87. The molecule has 2 aromatic carbocycles. The largest absolute Gasteiger partial charge is 0.456 e. The number of aliphatic hydroxyl groups excluding tert-OH is 1. The van der Waals surface area contributed by atoms with Gasteiger partial charge >= 0.3 is 0 Å². The van der Waals surface area contributed by atoms with E-state index < -0.39 is 17.7 Å². The smallest absolute Gasteiger partial charge is 0.143 e. The topological polar surface area (TPSA) is 59.2 Å². The molecule has 2 aromatic heterocycles. The van der Waals surface area contributed by atoms with Gasteiger partial charge in [0, 0.05) is 29.1 Å². The number of hydrogen-bond acceptors (Lipinski definition) is 4. The average molecular weight is 364 g/mol. The second-order valence-electron chi connectivity index (χ2n) is 5.93. The normalized spacial score (nSPS) is 12.1.